The zero-order valence-electron chi connectivity index (χ0n) is 15.8. The maximum Gasteiger partial charge on any atom is 0.188 e. The minimum absolute atomic E-state index is 0.715. The molecule has 7 heteroatoms. The lowest BCUT2D eigenvalue weighted by molar-refractivity contribution is -0.923. The number of anilines is 1. The predicted octanol–water partition coefficient (Wildman–Crippen LogP) is 3.03. The topological polar surface area (TPSA) is 26.8 Å². The summed E-state index contributed by atoms with van der Waals surface area (Å²) in [6, 6.07) is 16.1. The number of hydrogen-bond donors (Lipinski definition) is 1. The fraction of sp³-hybridized carbons (Fsp3) is 0.286. The minimum atomic E-state index is 0.715. The van der Waals surface area contributed by atoms with Crippen LogP contribution in [0.5, 0.6) is 5.75 Å². The van der Waals surface area contributed by atoms with E-state index >= 15 is 0 Å². The number of benzene rings is 2. The second-order valence-electron chi connectivity index (χ2n) is 6.99. The number of nitrogens with one attached hydrogen (secondary N) is 1. The molecule has 28 heavy (non-hydrogen) atoms. The van der Waals surface area contributed by atoms with Gasteiger partial charge < -0.3 is 14.5 Å². The van der Waals surface area contributed by atoms with Crippen molar-refractivity contribution >= 4 is 29.5 Å². The van der Waals surface area contributed by atoms with Gasteiger partial charge in [0.1, 0.15) is 5.75 Å². The predicted molar refractivity (Wildman–Crippen MR) is 116 cm³/mol. The van der Waals surface area contributed by atoms with Crippen molar-refractivity contribution in [3.63, 3.8) is 0 Å². The monoisotopic (exact) mass is 415 g/mol. The number of piperazine rings is 1. The van der Waals surface area contributed by atoms with Crippen LogP contribution in [-0.4, -0.2) is 42.4 Å². The molecule has 2 heterocycles. The molecule has 1 aliphatic heterocycles. The van der Waals surface area contributed by atoms with Crippen LogP contribution in [0.1, 0.15) is 0 Å². The molecule has 0 unspecified atom stereocenters. The van der Waals surface area contributed by atoms with Crippen LogP contribution in [0.3, 0.4) is 0 Å². The van der Waals surface area contributed by atoms with E-state index in [9.17, 15) is 0 Å². The fourth-order valence-electron chi connectivity index (χ4n) is 3.63. The van der Waals surface area contributed by atoms with Gasteiger partial charge in [0.2, 0.25) is 0 Å². The van der Waals surface area contributed by atoms with Gasteiger partial charge >= 0.3 is 0 Å². The largest absolute Gasteiger partial charge is 0.497 e. The Hall–Kier alpha value is -2.28. The highest BCUT2D eigenvalue weighted by atomic mass is 35.5. The summed E-state index contributed by atoms with van der Waals surface area (Å²) in [5.74, 6) is 0.895. The van der Waals surface area contributed by atoms with Crippen LogP contribution in [0.15, 0.2) is 60.9 Å². The van der Waals surface area contributed by atoms with Crippen LogP contribution in [0.4, 0.5) is 5.69 Å². The summed E-state index contributed by atoms with van der Waals surface area (Å²) in [7, 11) is 1.70. The number of imidazole rings is 1. The van der Waals surface area contributed by atoms with Crippen molar-refractivity contribution in [3.05, 3.63) is 70.7 Å². The number of aromatic nitrogens is 2. The van der Waals surface area contributed by atoms with Gasteiger partial charge in [0, 0.05) is 28.8 Å². The van der Waals surface area contributed by atoms with E-state index in [1.54, 1.807) is 7.11 Å². The Morgan fingerprint density at radius 2 is 1.79 bits per heavy atom. The van der Waals surface area contributed by atoms with Gasteiger partial charge in [-0.3, -0.25) is 9.13 Å². The third-order valence-electron chi connectivity index (χ3n) is 5.24. The molecule has 0 amide bonds. The zero-order chi connectivity index (χ0) is 19.5. The molecule has 3 aromatic rings. The second-order valence-corrected chi connectivity index (χ2v) is 7.80. The summed E-state index contributed by atoms with van der Waals surface area (Å²) in [5, 5.41) is 0.715. The van der Waals surface area contributed by atoms with Gasteiger partial charge in [-0.15, -0.1) is 0 Å². The Bertz CT molecular complexity index is 990. The summed E-state index contributed by atoms with van der Waals surface area (Å²) in [6.07, 6.45) is 4.08. The van der Waals surface area contributed by atoms with E-state index in [1.807, 2.05) is 47.2 Å². The average molecular weight is 416 g/mol. The molecular weight excluding hydrogens is 392 g/mol. The first-order valence-corrected chi connectivity index (χ1v) is 10.2. The van der Waals surface area contributed by atoms with Crippen molar-refractivity contribution in [3.8, 4) is 11.4 Å². The normalized spacial score (nSPS) is 15.0. The SMILES string of the molecule is COc1ccc(N2CC[NH+](Cn3ccn(-c4cccc(Cl)c4)c3=S)CC2)cc1. The molecule has 0 aliphatic carbocycles. The molecule has 5 nitrogen and oxygen atoms in total. The van der Waals surface area contributed by atoms with Crippen LogP contribution >= 0.6 is 23.8 Å². The average Bonchev–Trinajstić information content (AvgIpc) is 3.09. The molecule has 1 aliphatic rings. The highest BCUT2D eigenvalue weighted by molar-refractivity contribution is 7.71. The van der Waals surface area contributed by atoms with Crippen molar-refractivity contribution in [1.29, 1.82) is 0 Å². The lowest BCUT2D eigenvalue weighted by Crippen LogP contribution is -3.14. The third-order valence-corrected chi connectivity index (χ3v) is 5.90. The third kappa shape index (κ3) is 4.09. The second kappa shape index (κ2) is 8.39. The van der Waals surface area contributed by atoms with Crippen molar-refractivity contribution in [2.75, 3.05) is 38.2 Å². The van der Waals surface area contributed by atoms with E-state index < -0.39 is 0 Å². The maximum atomic E-state index is 6.12. The molecule has 1 saturated heterocycles. The standard InChI is InChI=1S/C21H23ClN4OS/c1-27-20-7-5-18(6-8-20)24-11-9-23(10-12-24)16-25-13-14-26(21(25)28)19-4-2-3-17(22)15-19/h2-8,13-15H,9-12,16H2,1H3/p+1. The van der Waals surface area contributed by atoms with Gasteiger partial charge in [-0.1, -0.05) is 17.7 Å². The highest BCUT2D eigenvalue weighted by Crippen LogP contribution is 2.19. The Balaban J connectivity index is 1.39. The highest BCUT2D eigenvalue weighted by Gasteiger charge is 2.21. The first-order chi connectivity index (χ1) is 13.6. The summed E-state index contributed by atoms with van der Waals surface area (Å²) < 4.78 is 10.2. The molecule has 1 fully saturated rings. The molecular formula is C21H24ClN4OS+. The number of quaternary nitrogens is 1. The molecule has 1 aromatic heterocycles. The summed E-state index contributed by atoms with van der Waals surface area (Å²) in [6.45, 7) is 5.10. The van der Waals surface area contributed by atoms with Crippen LogP contribution < -0.4 is 14.5 Å². The lowest BCUT2D eigenvalue weighted by atomic mass is 10.2. The smallest absolute Gasteiger partial charge is 0.188 e. The number of rotatable bonds is 5. The van der Waals surface area contributed by atoms with Gasteiger partial charge in [-0.05, 0) is 54.7 Å². The van der Waals surface area contributed by atoms with Crippen molar-refractivity contribution < 1.29 is 9.64 Å². The number of nitrogens with zero attached hydrogens (tertiary/aromatic N) is 3. The zero-order valence-corrected chi connectivity index (χ0v) is 17.4. The van der Waals surface area contributed by atoms with Gasteiger partial charge in [0.05, 0.1) is 33.3 Å². The first-order valence-electron chi connectivity index (χ1n) is 9.40. The lowest BCUT2D eigenvalue weighted by Gasteiger charge is -2.33. The Morgan fingerprint density at radius 1 is 1.04 bits per heavy atom. The van der Waals surface area contributed by atoms with E-state index in [0.29, 0.717) is 5.02 Å². The molecule has 0 radical (unpaired) electrons. The minimum Gasteiger partial charge on any atom is -0.497 e. The van der Waals surface area contributed by atoms with Crippen molar-refractivity contribution in [2.24, 2.45) is 0 Å². The summed E-state index contributed by atoms with van der Waals surface area (Å²) in [4.78, 5) is 3.96. The summed E-state index contributed by atoms with van der Waals surface area (Å²) in [5.41, 5.74) is 2.25. The van der Waals surface area contributed by atoms with Crippen LogP contribution in [-0.2, 0) is 6.67 Å². The maximum absolute atomic E-state index is 6.12. The van der Waals surface area contributed by atoms with Gasteiger partial charge in [0.25, 0.3) is 0 Å². The van der Waals surface area contributed by atoms with Gasteiger partial charge in [-0.2, -0.15) is 0 Å². The molecule has 0 spiro atoms. The van der Waals surface area contributed by atoms with E-state index in [0.717, 1.165) is 49.1 Å². The molecule has 4 rings (SSSR count). The van der Waals surface area contributed by atoms with Gasteiger partial charge in [-0.25, -0.2) is 0 Å². The number of methoxy groups -OCH3 is 1. The molecule has 146 valence electrons. The van der Waals surface area contributed by atoms with Crippen molar-refractivity contribution in [2.45, 2.75) is 6.67 Å². The molecule has 0 bridgehead atoms. The Kier molecular flexibility index (Phi) is 5.71. The van der Waals surface area contributed by atoms with Gasteiger partial charge in [0.15, 0.2) is 11.4 Å². The first kappa shape index (κ1) is 19.1. The van der Waals surface area contributed by atoms with E-state index in [4.69, 9.17) is 28.6 Å². The molecule has 0 atom stereocenters. The van der Waals surface area contributed by atoms with E-state index in [1.165, 1.54) is 10.6 Å². The van der Waals surface area contributed by atoms with E-state index in [-0.39, 0.29) is 0 Å². The van der Waals surface area contributed by atoms with Crippen LogP contribution in [0.2, 0.25) is 5.02 Å². The molecule has 1 N–H and O–H groups in total. The number of hydrogen-bond acceptors (Lipinski definition) is 3. The molecule has 2 aromatic carbocycles. The number of ether oxygens (including phenoxy) is 1. The Morgan fingerprint density at radius 3 is 2.46 bits per heavy atom. The number of halogens is 1. The summed E-state index contributed by atoms with van der Waals surface area (Å²) >= 11 is 11.8. The van der Waals surface area contributed by atoms with Crippen LogP contribution in [0.25, 0.3) is 5.69 Å². The van der Waals surface area contributed by atoms with E-state index in [2.05, 4.69) is 27.8 Å². The quantitative estimate of drug-likeness (QED) is 0.649. The fourth-order valence-corrected chi connectivity index (χ4v) is 4.11. The Labute approximate surface area is 175 Å². The van der Waals surface area contributed by atoms with Crippen LogP contribution in [0, 0.1) is 4.77 Å². The van der Waals surface area contributed by atoms with Crippen molar-refractivity contribution in [1.82, 2.24) is 9.13 Å². The molecule has 0 saturated carbocycles.